The predicted octanol–water partition coefficient (Wildman–Crippen LogP) is 3.44. The summed E-state index contributed by atoms with van der Waals surface area (Å²) in [5.41, 5.74) is 2.14. The minimum atomic E-state index is -0.863. The molecule has 0 aliphatic heterocycles. The van der Waals surface area contributed by atoms with Crippen molar-refractivity contribution in [2.75, 3.05) is 0 Å². The predicted molar refractivity (Wildman–Crippen MR) is 80.7 cm³/mol. The lowest BCUT2D eigenvalue weighted by molar-refractivity contribution is -0.183. The molecular formula is C17H24O4. The van der Waals surface area contributed by atoms with E-state index in [-0.39, 0.29) is 0 Å². The first-order chi connectivity index (χ1) is 9.79. The van der Waals surface area contributed by atoms with Gasteiger partial charge in [0.25, 0.3) is 0 Å². The van der Waals surface area contributed by atoms with Gasteiger partial charge >= 0.3 is 11.9 Å². The minimum absolute atomic E-state index is 0.392. The van der Waals surface area contributed by atoms with Gasteiger partial charge in [-0.1, -0.05) is 38.1 Å². The van der Waals surface area contributed by atoms with Crippen LogP contribution in [-0.4, -0.2) is 18.2 Å². The van der Waals surface area contributed by atoms with Crippen molar-refractivity contribution in [3.63, 3.8) is 0 Å². The Kier molecular flexibility index (Phi) is 6.40. The average Bonchev–Trinajstić information content (AvgIpc) is 2.36. The minimum Gasteiger partial charge on any atom is -0.426 e. The number of carbonyl (C=O) groups excluding carboxylic acids is 2. The van der Waals surface area contributed by atoms with Gasteiger partial charge in [-0.25, -0.2) is 0 Å². The topological polar surface area (TPSA) is 52.6 Å². The standard InChI is InChI=1S/C17H24O4/c1-11(2)10-15-6-8-16(9-7-15)12(3)17(19)21-14(5)20-13(4)18/h6-9,11-12,14H,10H2,1-5H3/t12-,14-/m0/s1. The maximum absolute atomic E-state index is 12.0. The molecule has 0 spiro atoms. The van der Waals surface area contributed by atoms with Crippen LogP contribution in [-0.2, 0) is 25.5 Å². The molecule has 0 saturated carbocycles. The summed E-state index contributed by atoms with van der Waals surface area (Å²) in [6.45, 7) is 8.92. The third-order valence-electron chi connectivity index (χ3n) is 3.09. The second-order valence-corrected chi connectivity index (χ2v) is 5.68. The Labute approximate surface area is 126 Å². The summed E-state index contributed by atoms with van der Waals surface area (Å²) < 4.78 is 9.88. The fourth-order valence-corrected chi connectivity index (χ4v) is 2.07. The zero-order valence-electron chi connectivity index (χ0n) is 13.4. The van der Waals surface area contributed by atoms with Crippen molar-refractivity contribution in [3.8, 4) is 0 Å². The lowest BCUT2D eigenvalue weighted by Gasteiger charge is -2.17. The van der Waals surface area contributed by atoms with Gasteiger partial charge in [0.05, 0.1) is 5.92 Å². The zero-order valence-corrected chi connectivity index (χ0v) is 13.4. The van der Waals surface area contributed by atoms with Crippen LogP contribution >= 0.6 is 0 Å². The summed E-state index contributed by atoms with van der Waals surface area (Å²) in [5.74, 6) is -0.666. The molecule has 1 aromatic rings. The van der Waals surface area contributed by atoms with E-state index in [9.17, 15) is 9.59 Å². The Bertz CT molecular complexity index is 476. The van der Waals surface area contributed by atoms with Crippen molar-refractivity contribution < 1.29 is 19.1 Å². The van der Waals surface area contributed by atoms with Crippen molar-refractivity contribution >= 4 is 11.9 Å². The first-order valence-corrected chi connectivity index (χ1v) is 7.26. The van der Waals surface area contributed by atoms with E-state index in [1.54, 1.807) is 6.92 Å². The second kappa shape index (κ2) is 7.81. The van der Waals surface area contributed by atoms with E-state index < -0.39 is 24.1 Å². The average molecular weight is 292 g/mol. The summed E-state index contributed by atoms with van der Waals surface area (Å²) in [6, 6.07) is 7.96. The van der Waals surface area contributed by atoms with Gasteiger partial charge in [-0.3, -0.25) is 9.59 Å². The van der Waals surface area contributed by atoms with Gasteiger partial charge in [0.1, 0.15) is 0 Å². The normalized spacial score (nSPS) is 13.6. The zero-order chi connectivity index (χ0) is 16.0. The molecule has 0 unspecified atom stereocenters. The van der Waals surface area contributed by atoms with Crippen molar-refractivity contribution in [2.24, 2.45) is 5.92 Å². The van der Waals surface area contributed by atoms with Crippen LogP contribution in [0.5, 0.6) is 0 Å². The van der Waals surface area contributed by atoms with Gasteiger partial charge in [0, 0.05) is 13.8 Å². The van der Waals surface area contributed by atoms with Crippen LogP contribution < -0.4 is 0 Å². The molecule has 4 nitrogen and oxygen atoms in total. The van der Waals surface area contributed by atoms with E-state index in [0.29, 0.717) is 5.92 Å². The highest BCUT2D eigenvalue weighted by Crippen LogP contribution is 2.19. The third-order valence-corrected chi connectivity index (χ3v) is 3.09. The fourth-order valence-electron chi connectivity index (χ4n) is 2.07. The number of ether oxygens (including phenoxy) is 2. The van der Waals surface area contributed by atoms with E-state index in [2.05, 4.69) is 13.8 Å². The molecule has 0 aromatic heterocycles. The molecule has 0 radical (unpaired) electrons. The molecule has 0 bridgehead atoms. The molecule has 116 valence electrons. The molecule has 0 amide bonds. The molecule has 1 rings (SSSR count). The summed E-state index contributed by atoms with van der Waals surface area (Å²) in [4.78, 5) is 22.8. The van der Waals surface area contributed by atoms with Crippen LogP contribution in [0, 0.1) is 5.92 Å². The highest BCUT2D eigenvalue weighted by Gasteiger charge is 2.20. The smallest absolute Gasteiger partial charge is 0.316 e. The second-order valence-electron chi connectivity index (χ2n) is 5.68. The number of carbonyl (C=O) groups is 2. The molecule has 0 heterocycles. The number of benzene rings is 1. The lowest BCUT2D eigenvalue weighted by atomic mass is 9.97. The maximum Gasteiger partial charge on any atom is 0.316 e. The van der Waals surface area contributed by atoms with Crippen molar-refractivity contribution in [3.05, 3.63) is 35.4 Å². The Hall–Kier alpha value is -1.84. The van der Waals surface area contributed by atoms with Crippen molar-refractivity contribution in [1.29, 1.82) is 0 Å². The van der Waals surface area contributed by atoms with Gasteiger partial charge < -0.3 is 9.47 Å². The summed E-state index contributed by atoms with van der Waals surface area (Å²) in [5, 5.41) is 0. The third kappa shape index (κ3) is 5.98. The van der Waals surface area contributed by atoms with E-state index in [4.69, 9.17) is 9.47 Å². The first-order valence-electron chi connectivity index (χ1n) is 7.26. The summed E-state index contributed by atoms with van der Waals surface area (Å²) in [6.07, 6.45) is 0.153. The van der Waals surface area contributed by atoms with Crippen LogP contribution in [0.1, 0.15) is 51.7 Å². The Morgan fingerprint density at radius 1 is 1.00 bits per heavy atom. The fraction of sp³-hybridized carbons (Fsp3) is 0.529. The Morgan fingerprint density at radius 2 is 1.57 bits per heavy atom. The number of hydrogen-bond acceptors (Lipinski definition) is 4. The highest BCUT2D eigenvalue weighted by atomic mass is 16.7. The quantitative estimate of drug-likeness (QED) is 0.595. The SMILES string of the molecule is CC(=O)O[C@H](C)OC(=O)[C@@H](C)c1ccc(CC(C)C)cc1. The van der Waals surface area contributed by atoms with Crippen LogP contribution in [0.4, 0.5) is 0 Å². The molecular weight excluding hydrogens is 268 g/mol. The van der Waals surface area contributed by atoms with Gasteiger partial charge in [0.2, 0.25) is 6.29 Å². The van der Waals surface area contributed by atoms with E-state index >= 15 is 0 Å². The molecule has 4 heteroatoms. The van der Waals surface area contributed by atoms with Gasteiger partial charge in [-0.2, -0.15) is 0 Å². The first kappa shape index (κ1) is 17.2. The molecule has 0 fully saturated rings. The van der Waals surface area contributed by atoms with Crippen LogP contribution in [0.25, 0.3) is 0 Å². The number of rotatable bonds is 6. The highest BCUT2D eigenvalue weighted by molar-refractivity contribution is 5.78. The maximum atomic E-state index is 12.0. The summed E-state index contributed by atoms with van der Waals surface area (Å²) in [7, 11) is 0. The van der Waals surface area contributed by atoms with Gasteiger partial charge in [-0.05, 0) is 30.4 Å². The van der Waals surface area contributed by atoms with Gasteiger partial charge in [0.15, 0.2) is 0 Å². The largest absolute Gasteiger partial charge is 0.426 e. The van der Waals surface area contributed by atoms with Crippen LogP contribution in [0.3, 0.4) is 0 Å². The van der Waals surface area contributed by atoms with Crippen molar-refractivity contribution in [2.45, 2.75) is 53.2 Å². The van der Waals surface area contributed by atoms with E-state index in [1.165, 1.54) is 19.4 Å². The molecule has 2 atom stereocenters. The molecule has 0 aliphatic rings. The molecule has 1 aromatic carbocycles. The Balaban J connectivity index is 2.63. The molecule has 0 aliphatic carbocycles. The molecule has 0 N–H and O–H groups in total. The van der Waals surface area contributed by atoms with Gasteiger partial charge in [-0.15, -0.1) is 0 Å². The van der Waals surface area contributed by atoms with Crippen molar-refractivity contribution in [1.82, 2.24) is 0 Å². The number of hydrogen-bond donors (Lipinski definition) is 0. The number of esters is 2. The molecule has 21 heavy (non-hydrogen) atoms. The lowest BCUT2D eigenvalue weighted by Crippen LogP contribution is -2.23. The van der Waals surface area contributed by atoms with Crippen LogP contribution in [0.15, 0.2) is 24.3 Å². The monoisotopic (exact) mass is 292 g/mol. The Morgan fingerprint density at radius 3 is 2.05 bits per heavy atom. The van der Waals surface area contributed by atoms with E-state index in [0.717, 1.165) is 12.0 Å². The summed E-state index contributed by atoms with van der Waals surface area (Å²) >= 11 is 0. The van der Waals surface area contributed by atoms with Crippen LogP contribution in [0.2, 0.25) is 0 Å². The van der Waals surface area contributed by atoms with E-state index in [1.807, 2.05) is 24.3 Å². The molecule has 0 saturated heterocycles.